The van der Waals surface area contributed by atoms with Crippen LogP contribution in [-0.4, -0.2) is 39.0 Å². The number of pyridine rings is 1. The summed E-state index contributed by atoms with van der Waals surface area (Å²) in [6.07, 6.45) is 1.21. The molecule has 17 heavy (non-hydrogen) atoms. The molecule has 0 fully saturated rings. The molecule has 0 aliphatic heterocycles. The lowest BCUT2D eigenvalue weighted by atomic mass is 10.3. The molecule has 1 rings (SSSR count). The minimum absolute atomic E-state index is 0.0891. The highest BCUT2D eigenvalue weighted by Crippen LogP contribution is 2.18. The van der Waals surface area contributed by atoms with Crippen LogP contribution in [0.15, 0.2) is 12.1 Å². The molecule has 0 spiro atoms. The van der Waals surface area contributed by atoms with E-state index >= 15 is 0 Å². The van der Waals surface area contributed by atoms with Gasteiger partial charge in [0.15, 0.2) is 0 Å². The minimum Gasteiger partial charge on any atom is -0.359 e. The fourth-order valence-corrected chi connectivity index (χ4v) is 2.03. The molecule has 0 atom stereocenters. The van der Waals surface area contributed by atoms with Gasteiger partial charge in [0.1, 0.15) is 15.7 Å². The highest BCUT2D eigenvalue weighted by Gasteiger charge is 2.09. The van der Waals surface area contributed by atoms with Gasteiger partial charge in [0.05, 0.1) is 16.5 Å². The van der Waals surface area contributed by atoms with E-state index in [-0.39, 0.29) is 12.3 Å². The van der Waals surface area contributed by atoms with Crippen molar-refractivity contribution in [3.8, 4) is 0 Å². The molecule has 0 saturated heterocycles. The number of nitrogens with two attached hydrogens (primary N) is 1. The number of rotatable bonds is 5. The highest BCUT2D eigenvalue weighted by molar-refractivity contribution is 7.90. The third-order valence-electron chi connectivity index (χ3n) is 2.29. The van der Waals surface area contributed by atoms with E-state index < -0.39 is 9.84 Å². The number of hydrogen-bond acceptors (Lipinski definition) is 5. The lowest BCUT2D eigenvalue weighted by Gasteiger charge is -2.18. The van der Waals surface area contributed by atoms with Gasteiger partial charge in [-0.2, -0.15) is 0 Å². The Morgan fingerprint density at radius 3 is 2.65 bits per heavy atom. The predicted molar refractivity (Wildman–Crippen MR) is 70.1 cm³/mol. The van der Waals surface area contributed by atoms with Gasteiger partial charge in [0.25, 0.3) is 0 Å². The summed E-state index contributed by atoms with van der Waals surface area (Å²) in [4.78, 5) is 6.03. The molecule has 7 heteroatoms. The van der Waals surface area contributed by atoms with Crippen LogP contribution in [0.5, 0.6) is 0 Å². The Balaban J connectivity index is 2.79. The molecular weight excluding hydrogens is 262 g/mol. The van der Waals surface area contributed by atoms with E-state index in [0.717, 1.165) is 0 Å². The standard InChI is InChI=1S/C10H16ClN3O2S/c1-14(5-6-17(2,15)16)10-4-3-8(11)9(7-12)13-10/h3-4H,5-7,12H2,1-2H3. The molecule has 0 aliphatic carbocycles. The van der Waals surface area contributed by atoms with Gasteiger partial charge in [-0.3, -0.25) is 0 Å². The number of nitrogens with zero attached hydrogens (tertiary/aromatic N) is 2. The van der Waals surface area contributed by atoms with Crippen LogP contribution in [0.1, 0.15) is 5.69 Å². The van der Waals surface area contributed by atoms with Gasteiger partial charge in [0, 0.05) is 26.4 Å². The summed E-state index contributed by atoms with van der Waals surface area (Å²) in [7, 11) is -1.19. The first-order chi connectivity index (χ1) is 7.83. The predicted octanol–water partition coefficient (Wildman–Crippen LogP) is 0.674. The van der Waals surface area contributed by atoms with Crippen LogP contribution in [-0.2, 0) is 16.4 Å². The maximum Gasteiger partial charge on any atom is 0.149 e. The van der Waals surface area contributed by atoms with Crippen molar-refractivity contribution in [2.75, 3.05) is 30.5 Å². The van der Waals surface area contributed by atoms with Gasteiger partial charge in [-0.25, -0.2) is 13.4 Å². The maximum atomic E-state index is 11.1. The summed E-state index contributed by atoms with van der Waals surface area (Å²) in [6, 6.07) is 3.45. The molecule has 2 N–H and O–H groups in total. The third kappa shape index (κ3) is 4.49. The lowest BCUT2D eigenvalue weighted by molar-refractivity contribution is 0.601. The molecule has 0 radical (unpaired) electrons. The van der Waals surface area contributed by atoms with Gasteiger partial charge in [-0.1, -0.05) is 11.6 Å². The van der Waals surface area contributed by atoms with Crippen molar-refractivity contribution >= 4 is 27.3 Å². The van der Waals surface area contributed by atoms with E-state index in [1.165, 1.54) is 6.26 Å². The van der Waals surface area contributed by atoms with E-state index in [1.54, 1.807) is 24.1 Å². The summed E-state index contributed by atoms with van der Waals surface area (Å²) in [5.74, 6) is 0.754. The summed E-state index contributed by atoms with van der Waals surface area (Å²) >= 11 is 5.89. The number of anilines is 1. The van der Waals surface area contributed by atoms with Crippen LogP contribution in [0, 0.1) is 0 Å². The highest BCUT2D eigenvalue weighted by atomic mass is 35.5. The van der Waals surface area contributed by atoms with E-state index in [4.69, 9.17) is 17.3 Å². The summed E-state index contributed by atoms with van der Waals surface area (Å²) in [5, 5.41) is 0.521. The average Bonchev–Trinajstić information content (AvgIpc) is 2.25. The van der Waals surface area contributed by atoms with Crippen molar-refractivity contribution in [3.05, 3.63) is 22.8 Å². The maximum absolute atomic E-state index is 11.1. The van der Waals surface area contributed by atoms with Crippen LogP contribution in [0.4, 0.5) is 5.82 Å². The Kier molecular flexibility index (Phi) is 4.73. The molecule has 1 heterocycles. The van der Waals surface area contributed by atoms with Crippen molar-refractivity contribution in [2.24, 2.45) is 5.73 Å². The number of halogens is 1. The molecule has 1 aromatic heterocycles. The monoisotopic (exact) mass is 277 g/mol. The minimum atomic E-state index is -2.97. The van der Waals surface area contributed by atoms with Gasteiger partial charge >= 0.3 is 0 Å². The fourth-order valence-electron chi connectivity index (χ4n) is 1.25. The largest absolute Gasteiger partial charge is 0.359 e. The second-order valence-electron chi connectivity index (χ2n) is 3.85. The van der Waals surface area contributed by atoms with Crippen LogP contribution in [0.2, 0.25) is 5.02 Å². The van der Waals surface area contributed by atoms with Crippen molar-refractivity contribution < 1.29 is 8.42 Å². The first-order valence-corrected chi connectivity index (χ1v) is 7.51. The first-order valence-electron chi connectivity index (χ1n) is 5.08. The number of aromatic nitrogens is 1. The zero-order chi connectivity index (χ0) is 13.1. The lowest BCUT2D eigenvalue weighted by Crippen LogP contribution is -2.26. The van der Waals surface area contributed by atoms with E-state index in [9.17, 15) is 8.42 Å². The molecule has 96 valence electrons. The normalized spacial score (nSPS) is 11.5. The molecule has 1 aromatic rings. The van der Waals surface area contributed by atoms with Crippen molar-refractivity contribution in [1.82, 2.24) is 4.98 Å². The van der Waals surface area contributed by atoms with Crippen LogP contribution >= 0.6 is 11.6 Å². The second-order valence-corrected chi connectivity index (χ2v) is 6.52. The molecule has 0 bridgehead atoms. The van der Waals surface area contributed by atoms with Crippen LogP contribution in [0.25, 0.3) is 0 Å². The molecule has 0 aliphatic rings. The zero-order valence-corrected chi connectivity index (χ0v) is 11.4. The summed E-state index contributed by atoms with van der Waals surface area (Å²) < 4.78 is 22.1. The van der Waals surface area contributed by atoms with Gasteiger partial charge in [0.2, 0.25) is 0 Å². The first kappa shape index (κ1) is 14.2. The smallest absolute Gasteiger partial charge is 0.149 e. The Morgan fingerprint density at radius 2 is 2.12 bits per heavy atom. The Hall–Kier alpha value is -0.850. The van der Waals surface area contributed by atoms with E-state index in [1.807, 2.05) is 0 Å². The molecule has 0 unspecified atom stereocenters. The second kappa shape index (κ2) is 5.66. The van der Waals surface area contributed by atoms with E-state index in [2.05, 4.69) is 4.98 Å². The zero-order valence-electron chi connectivity index (χ0n) is 9.85. The Bertz CT molecular complexity index is 490. The molecule has 0 saturated carbocycles. The SMILES string of the molecule is CN(CCS(C)(=O)=O)c1ccc(Cl)c(CN)n1. The quantitative estimate of drug-likeness (QED) is 0.856. The van der Waals surface area contributed by atoms with Crippen molar-refractivity contribution in [2.45, 2.75) is 6.54 Å². The summed E-state index contributed by atoms with van der Waals surface area (Å²) in [6.45, 7) is 0.643. The molecule has 0 amide bonds. The van der Waals surface area contributed by atoms with Gasteiger partial charge in [-0.05, 0) is 12.1 Å². The Morgan fingerprint density at radius 1 is 1.47 bits per heavy atom. The van der Waals surface area contributed by atoms with E-state index in [0.29, 0.717) is 23.1 Å². The van der Waals surface area contributed by atoms with Gasteiger partial charge in [-0.15, -0.1) is 0 Å². The average molecular weight is 278 g/mol. The topological polar surface area (TPSA) is 76.3 Å². The number of sulfone groups is 1. The fraction of sp³-hybridized carbons (Fsp3) is 0.500. The molecular formula is C10H16ClN3O2S. The van der Waals surface area contributed by atoms with Crippen molar-refractivity contribution in [1.29, 1.82) is 0 Å². The molecule has 0 aromatic carbocycles. The number of hydrogen-bond donors (Lipinski definition) is 1. The molecule has 5 nitrogen and oxygen atoms in total. The van der Waals surface area contributed by atoms with Crippen LogP contribution < -0.4 is 10.6 Å². The van der Waals surface area contributed by atoms with Crippen LogP contribution in [0.3, 0.4) is 0 Å². The third-order valence-corrected chi connectivity index (χ3v) is 3.55. The van der Waals surface area contributed by atoms with Gasteiger partial charge < -0.3 is 10.6 Å². The van der Waals surface area contributed by atoms with Crippen molar-refractivity contribution in [3.63, 3.8) is 0 Å². The Labute approximate surface area is 107 Å². The summed E-state index contributed by atoms with van der Waals surface area (Å²) in [5.41, 5.74) is 6.11.